The zero-order valence-electron chi connectivity index (χ0n) is 12.9. The lowest BCUT2D eigenvalue weighted by atomic mass is 9.71. The Morgan fingerprint density at radius 3 is 2.86 bits per heavy atom. The van der Waals surface area contributed by atoms with Gasteiger partial charge in [-0.05, 0) is 49.8 Å². The lowest BCUT2D eigenvalue weighted by Gasteiger charge is -2.41. The number of likely N-dealkylation sites (tertiary alicyclic amines) is 2. The van der Waals surface area contributed by atoms with Gasteiger partial charge in [0.05, 0.1) is 12.2 Å². The van der Waals surface area contributed by atoms with Gasteiger partial charge in [0.15, 0.2) is 0 Å². The fourth-order valence-electron chi connectivity index (χ4n) is 3.82. The third-order valence-electron chi connectivity index (χ3n) is 5.22. The van der Waals surface area contributed by atoms with E-state index in [0.717, 1.165) is 38.3 Å². The number of amides is 1. The maximum atomic E-state index is 12.6. The highest BCUT2D eigenvalue weighted by Crippen LogP contribution is 2.45. The molecule has 21 heavy (non-hydrogen) atoms. The third kappa shape index (κ3) is 2.87. The summed E-state index contributed by atoms with van der Waals surface area (Å²) in [4.78, 5) is 17.1. The molecule has 0 saturated carbocycles. The molecule has 116 valence electrons. The number of methoxy groups -OCH3 is 1. The number of hydrogen-bond acceptors (Lipinski definition) is 4. The second kappa shape index (κ2) is 6.07. The average molecular weight is 308 g/mol. The van der Waals surface area contributed by atoms with Crippen LogP contribution in [0.1, 0.15) is 23.2 Å². The normalized spacial score (nSPS) is 25.6. The van der Waals surface area contributed by atoms with Crippen LogP contribution in [-0.4, -0.2) is 62.7 Å². The molecule has 1 amide bonds. The molecule has 0 radical (unpaired) electrons. The van der Waals surface area contributed by atoms with Crippen molar-refractivity contribution in [1.82, 2.24) is 9.80 Å². The second-order valence-corrected chi connectivity index (χ2v) is 7.30. The quantitative estimate of drug-likeness (QED) is 0.858. The van der Waals surface area contributed by atoms with Crippen LogP contribution in [0.4, 0.5) is 0 Å². The average Bonchev–Trinajstić information content (AvgIpc) is 3.12. The molecule has 3 rings (SSSR count). The van der Waals surface area contributed by atoms with Crippen molar-refractivity contribution in [3.05, 3.63) is 22.4 Å². The first-order valence-electron chi connectivity index (χ1n) is 7.63. The minimum Gasteiger partial charge on any atom is -0.384 e. The highest BCUT2D eigenvalue weighted by molar-refractivity contribution is 7.08. The van der Waals surface area contributed by atoms with Crippen molar-refractivity contribution >= 4 is 17.2 Å². The summed E-state index contributed by atoms with van der Waals surface area (Å²) in [5.41, 5.74) is 1.09. The third-order valence-corrected chi connectivity index (χ3v) is 5.90. The van der Waals surface area contributed by atoms with Gasteiger partial charge in [-0.3, -0.25) is 4.79 Å². The Hall–Kier alpha value is -0.910. The molecule has 0 aromatic carbocycles. The zero-order chi connectivity index (χ0) is 14.9. The second-order valence-electron chi connectivity index (χ2n) is 6.52. The molecular weight excluding hydrogens is 284 g/mol. The molecule has 2 aliphatic rings. The van der Waals surface area contributed by atoms with E-state index >= 15 is 0 Å². The van der Waals surface area contributed by atoms with Crippen LogP contribution in [0.5, 0.6) is 0 Å². The predicted molar refractivity (Wildman–Crippen MR) is 84.8 cm³/mol. The van der Waals surface area contributed by atoms with Crippen molar-refractivity contribution in [3.63, 3.8) is 0 Å². The number of nitrogens with zero attached hydrogens (tertiary/aromatic N) is 2. The molecule has 4 nitrogen and oxygen atoms in total. The number of hydrogen-bond donors (Lipinski definition) is 0. The van der Waals surface area contributed by atoms with Gasteiger partial charge in [-0.25, -0.2) is 0 Å². The smallest absolute Gasteiger partial charge is 0.254 e. The lowest BCUT2D eigenvalue weighted by molar-refractivity contribution is 0.0444. The van der Waals surface area contributed by atoms with Gasteiger partial charge in [0.25, 0.3) is 5.91 Å². The molecule has 0 bridgehead atoms. The Labute approximate surface area is 130 Å². The van der Waals surface area contributed by atoms with E-state index in [0.29, 0.717) is 5.92 Å². The molecule has 1 atom stereocenters. The molecule has 3 heterocycles. The molecule has 2 fully saturated rings. The summed E-state index contributed by atoms with van der Waals surface area (Å²) in [7, 11) is 3.95. The summed E-state index contributed by atoms with van der Waals surface area (Å²) >= 11 is 1.59. The molecule has 0 unspecified atom stereocenters. The Balaban J connectivity index is 1.76. The highest BCUT2D eigenvalue weighted by atomic mass is 32.1. The number of rotatable bonds is 3. The van der Waals surface area contributed by atoms with Gasteiger partial charge in [0.2, 0.25) is 0 Å². The summed E-state index contributed by atoms with van der Waals surface area (Å²) in [6, 6.07) is 1.93. The Kier molecular flexibility index (Phi) is 4.33. The molecule has 5 heteroatoms. The van der Waals surface area contributed by atoms with E-state index in [-0.39, 0.29) is 11.3 Å². The van der Waals surface area contributed by atoms with Crippen LogP contribution in [0.3, 0.4) is 0 Å². The fraction of sp³-hybridized carbons (Fsp3) is 0.688. The lowest BCUT2D eigenvalue weighted by Crippen LogP contribution is -2.44. The van der Waals surface area contributed by atoms with Crippen molar-refractivity contribution in [2.24, 2.45) is 11.3 Å². The van der Waals surface area contributed by atoms with Crippen LogP contribution in [0.25, 0.3) is 0 Å². The van der Waals surface area contributed by atoms with Crippen molar-refractivity contribution in [3.8, 4) is 0 Å². The SMILES string of the molecule is COC[C@@H]1CN(C(=O)c2ccsc2)CC12CCN(C)CC2. The largest absolute Gasteiger partial charge is 0.384 e. The number of ether oxygens (including phenoxy) is 1. The molecule has 1 spiro atoms. The Morgan fingerprint density at radius 2 is 2.24 bits per heavy atom. The van der Waals surface area contributed by atoms with E-state index < -0.39 is 0 Å². The first-order chi connectivity index (χ1) is 10.1. The van der Waals surface area contributed by atoms with E-state index in [4.69, 9.17) is 4.74 Å². The number of carbonyl (C=O) groups is 1. The monoisotopic (exact) mass is 308 g/mol. The molecule has 2 aliphatic heterocycles. The maximum absolute atomic E-state index is 12.6. The van der Waals surface area contributed by atoms with Gasteiger partial charge in [-0.2, -0.15) is 11.3 Å². The van der Waals surface area contributed by atoms with Gasteiger partial charge in [0.1, 0.15) is 0 Å². The Morgan fingerprint density at radius 1 is 1.48 bits per heavy atom. The molecule has 2 saturated heterocycles. The molecule has 1 aromatic heterocycles. The van der Waals surface area contributed by atoms with Gasteiger partial charge >= 0.3 is 0 Å². The number of piperidine rings is 1. The van der Waals surface area contributed by atoms with Gasteiger partial charge < -0.3 is 14.5 Å². The molecule has 1 aromatic rings. The summed E-state index contributed by atoms with van der Waals surface area (Å²) in [5.74, 6) is 0.659. The maximum Gasteiger partial charge on any atom is 0.254 e. The number of thiophene rings is 1. The first-order valence-corrected chi connectivity index (χ1v) is 8.58. The summed E-state index contributed by atoms with van der Waals surface area (Å²) in [5, 5.41) is 3.93. The van der Waals surface area contributed by atoms with Crippen molar-refractivity contribution in [2.75, 3.05) is 46.9 Å². The standard InChI is InChI=1S/C16H24N2O2S/c1-17-6-4-16(5-7-17)12-18(9-14(16)10-20-2)15(19)13-3-8-21-11-13/h3,8,11,14H,4-7,9-10,12H2,1-2H3/t14-/m0/s1. The van der Waals surface area contributed by atoms with Gasteiger partial charge in [-0.15, -0.1) is 0 Å². The summed E-state index contributed by atoms with van der Waals surface area (Å²) < 4.78 is 5.45. The van der Waals surface area contributed by atoms with E-state index in [2.05, 4.69) is 16.8 Å². The van der Waals surface area contributed by atoms with E-state index in [9.17, 15) is 4.79 Å². The van der Waals surface area contributed by atoms with Crippen LogP contribution >= 0.6 is 11.3 Å². The molecule has 0 aliphatic carbocycles. The van der Waals surface area contributed by atoms with E-state index in [1.807, 2.05) is 16.8 Å². The minimum atomic E-state index is 0.188. The first kappa shape index (κ1) is 15.0. The van der Waals surface area contributed by atoms with Crippen LogP contribution in [0.15, 0.2) is 16.8 Å². The van der Waals surface area contributed by atoms with Crippen LogP contribution in [0, 0.1) is 11.3 Å². The predicted octanol–water partition coefficient (Wildman–Crippen LogP) is 2.18. The highest BCUT2D eigenvalue weighted by Gasteiger charge is 2.48. The van der Waals surface area contributed by atoms with E-state index in [1.165, 1.54) is 12.8 Å². The molecule has 0 N–H and O–H groups in total. The minimum absolute atomic E-state index is 0.188. The Bertz CT molecular complexity index is 480. The van der Waals surface area contributed by atoms with Crippen molar-refractivity contribution in [2.45, 2.75) is 12.8 Å². The van der Waals surface area contributed by atoms with Crippen LogP contribution in [0.2, 0.25) is 0 Å². The van der Waals surface area contributed by atoms with E-state index in [1.54, 1.807) is 18.4 Å². The van der Waals surface area contributed by atoms with Crippen LogP contribution < -0.4 is 0 Å². The summed E-state index contributed by atoms with van der Waals surface area (Å²) in [6.07, 6.45) is 2.34. The van der Waals surface area contributed by atoms with Crippen molar-refractivity contribution < 1.29 is 9.53 Å². The van der Waals surface area contributed by atoms with Crippen molar-refractivity contribution in [1.29, 1.82) is 0 Å². The zero-order valence-corrected chi connectivity index (χ0v) is 13.7. The van der Waals surface area contributed by atoms with Gasteiger partial charge in [0, 0.05) is 31.5 Å². The topological polar surface area (TPSA) is 32.8 Å². The number of carbonyl (C=O) groups excluding carboxylic acids is 1. The van der Waals surface area contributed by atoms with Gasteiger partial charge in [-0.1, -0.05) is 0 Å². The summed E-state index contributed by atoms with van der Waals surface area (Å²) in [6.45, 7) is 4.74. The van der Waals surface area contributed by atoms with Crippen LogP contribution in [-0.2, 0) is 4.74 Å². The molecular formula is C16H24N2O2S. The fourth-order valence-corrected chi connectivity index (χ4v) is 4.45.